The van der Waals surface area contributed by atoms with Gasteiger partial charge >= 0.3 is 0 Å². The van der Waals surface area contributed by atoms with Crippen LogP contribution in [0.5, 0.6) is 0 Å². The highest BCUT2D eigenvalue weighted by Gasteiger charge is 2.19. The van der Waals surface area contributed by atoms with Crippen LogP contribution in [0.3, 0.4) is 0 Å². The Balaban J connectivity index is 2.07. The van der Waals surface area contributed by atoms with E-state index in [0.29, 0.717) is 12.1 Å². The number of carbonyl (C=O) groups is 1. The molecule has 2 heterocycles. The number of nitrogens with zero attached hydrogens (tertiary/aromatic N) is 3. The van der Waals surface area contributed by atoms with Gasteiger partial charge in [0.2, 0.25) is 0 Å². The van der Waals surface area contributed by atoms with Crippen molar-refractivity contribution in [2.45, 2.75) is 33.6 Å². The molecule has 136 valence electrons. The molecule has 2 aromatic heterocycles. The summed E-state index contributed by atoms with van der Waals surface area (Å²) in [6.45, 7) is 6.74. The van der Waals surface area contributed by atoms with Crippen LogP contribution in [0.15, 0.2) is 30.5 Å². The highest BCUT2D eigenvalue weighted by atomic mass is 16.1. The van der Waals surface area contributed by atoms with Gasteiger partial charge in [-0.1, -0.05) is 31.0 Å². The lowest BCUT2D eigenvalue weighted by Crippen LogP contribution is -2.25. The van der Waals surface area contributed by atoms with Crippen molar-refractivity contribution in [3.63, 3.8) is 0 Å². The van der Waals surface area contributed by atoms with Crippen molar-refractivity contribution >= 4 is 28.3 Å². The van der Waals surface area contributed by atoms with Gasteiger partial charge in [-0.25, -0.2) is 4.98 Å². The summed E-state index contributed by atoms with van der Waals surface area (Å²) in [4.78, 5) is 17.2. The fourth-order valence-electron chi connectivity index (χ4n) is 2.97. The number of amides is 1. The zero-order valence-corrected chi connectivity index (χ0v) is 15.8. The number of carbonyl (C=O) groups excluding carboxylic acids is 1. The van der Waals surface area contributed by atoms with Crippen LogP contribution in [0, 0.1) is 13.8 Å². The van der Waals surface area contributed by atoms with Gasteiger partial charge < -0.3 is 10.6 Å². The van der Waals surface area contributed by atoms with E-state index in [9.17, 15) is 4.79 Å². The van der Waals surface area contributed by atoms with Crippen LogP contribution in [0.4, 0.5) is 11.4 Å². The minimum absolute atomic E-state index is 0.120. The van der Waals surface area contributed by atoms with Crippen molar-refractivity contribution in [2.75, 3.05) is 11.9 Å². The van der Waals surface area contributed by atoms with Crippen molar-refractivity contribution in [1.82, 2.24) is 20.1 Å². The maximum Gasteiger partial charge on any atom is 0.254 e. The lowest BCUT2D eigenvalue weighted by molar-refractivity contribution is 0.0954. The quantitative estimate of drug-likeness (QED) is 0.662. The Kier molecular flexibility index (Phi) is 5.21. The molecule has 0 saturated carbocycles. The fraction of sp³-hybridized carbons (Fsp3) is 0.350. The molecule has 6 heteroatoms. The van der Waals surface area contributed by atoms with E-state index in [-0.39, 0.29) is 5.91 Å². The summed E-state index contributed by atoms with van der Waals surface area (Å²) in [6.07, 6.45) is 3.61. The first-order valence-corrected chi connectivity index (χ1v) is 8.95. The molecule has 3 aromatic rings. The zero-order chi connectivity index (χ0) is 18.7. The summed E-state index contributed by atoms with van der Waals surface area (Å²) in [5.41, 5.74) is 4.98. The zero-order valence-electron chi connectivity index (χ0n) is 15.8. The first-order valence-electron chi connectivity index (χ1n) is 8.95. The van der Waals surface area contributed by atoms with Gasteiger partial charge in [-0.05, 0) is 32.4 Å². The van der Waals surface area contributed by atoms with E-state index < -0.39 is 0 Å². The molecule has 26 heavy (non-hydrogen) atoms. The molecule has 0 saturated heterocycles. The molecule has 0 unspecified atom stereocenters. The van der Waals surface area contributed by atoms with Crippen LogP contribution in [-0.4, -0.2) is 27.2 Å². The SMILES string of the molecule is CCCCNC(=O)c1cnc2c(c(C)nn2C)c1Nc1ccc(C)cc1. The summed E-state index contributed by atoms with van der Waals surface area (Å²) in [6, 6.07) is 8.09. The number of pyridine rings is 1. The van der Waals surface area contributed by atoms with Gasteiger partial charge in [0.15, 0.2) is 5.65 Å². The number of benzene rings is 1. The number of hydrogen-bond donors (Lipinski definition) is 2. The van der Waals surface area contributed by atoms with E-state index >= 15 is 0 Å². The Labute approximate surface area is 153 Å². The van der Waals surface area contributed by atoms with Crippen molar-refractivity contribution < 1.29 is 4.79 Å². The third-order valence-corrected chi connectivity index (χ3v) is 4.41. The highest BCUT2D eigenvalue weighted by Crippen LogP contribution is 2.31. The van der Waals surface area contributed by atoms with E-state index in [4.69, 9.17) is 0 Å². The molecule has 0 atom stereocenters. The van der Waals surface area contributed by atoms with Crippen LogP contribution in [0.25, 0.3) is 11.0 Å². The maximum absolute atomic E-state index is 12.7. The number of unbranched alkanes of at least 4 members (excludes halogenated alkanes) is 1. The largest absolute Gasteiger partial charge is 0.354 e. The van der Waals surface area contributed by atoms with E-state index in [0.717, 1.165) is 40.9 Å². The predicted molar refractivity (Wildman–Crippen MR) is 105 cm³/mol. The van der Waals surface area contributed by atoms with Gasteiger partial charge in [0, 0.05) is 25.5 Å². The minimum atomic E-state index is -0.120. The molecule has 0 bridgehead atoms. The molecule has 0 spiro atoms. The number of anilines is 2. The van der Waals surface area contributed by atoms with Crippen LogP contribution < -0.4 is 10.6 Å². The second-order valence-corrected chi connectivity index (χ2v) is 6.55. The van der Waals surface area contributed by atoms with Crippen molar-refractivity contribution in [3.05, 3.63) is 47.3 Å². The number of nitrogens with one attached hydrogen (secondary N) is 2. The van der Waals surface area contributed by atoms with Crippen LogP contribution in [-0.2, 0) is 7.05 Å². The van der Waals surface area contributed by atoms with Gasteiger partial charge in [-0.15, -0.1) is 0 Å². The molecule has 0 fully saturated rings. The molecule has 6 nitrogen and oxygen atoms in total. The monoisotopic (exact) mass is 351 g/mol. The van der Waals surface area contributed by atoms with Crippen molar-refractivity contribution in [2.24, 2.45) is 7.05 Å². The predicted octanol–water partition coefficient (Wildman–Crippen LogP) is 3.86. The number of hydrogen-bond acceptors (Lipinski definition) is 4. The Morgan fingerprint density at radius 2 is 1.92 bits per heavy atom. The first-order chi connectivity index (χ1) is 12.5. The molecule has 0 aliphatic rings. The standard InChI is InChI=1S/C20H25N5O/c1-5-6-11-21-20(26)16-12-22-19-17(14(3)24-25(19)4)18(16)23-15-9-7-13(2)8-10-15/h7-10,12H,5-6,11H2,1-4H3,(H,21,26)(H,22,23). The van der Waals surface area contributed by atoms with Crippen LogP contribution in [0.1, 0.15) is 41.4 Å². The van der Waals surface area contributed by atoms with Gasteiger partial charge in [0.05, 0.1) is 22.3 Å². The van der Waals surface area contributed by atoms with Crippen molar-refractivity contribution in [1.29, 1.82) is 0 Å². The van der Waals surface area contributed by atoms with Crippen LogP contribution in [0.2, 0.25) is 0 Å². The molecule has 2 N–H and O–H groups in total. The van der Waals surface area contributed by atoms with Gasteiger partial charge in [-0.3, -0.25) is 9.48 Å². The Hall–Kier alpha value is -2.89. The molecule has 0 radical (unpaired) electrons. The molecule has 1 aromatic carbocycles. The Morgan fingerprint density at radius 3 is 2.62 bits per heavy atom. The molecular weight excluding hydrogens is 326 g/mol. The summed E-state index contributed by atoms with van der Waals surface area (Å²) in [5, 5.41) is 11.7. The normalized spacial score (nSPS) is 10.9. The molecule has 1 amide bonds. The third kappa shape index (κ3) is 3.54. The molecular formula is C20H25N5O. The highest BCUT2D eigenvalue weighted by molar-refractivity contribution is 6.08. The minimum Gasteiger partial charge on any atom is -0.354 e. The summed E-state index contributed by atoms with van der Waals surface area (Å²) in [5.74, 6) is -0.120. The van der Waals surface area contributed by atoms with Gasteiger partial charge in [0.25, 0.3) is 5.91 Å². The number of fused-ring (bicyclic) bond motifs is 1. The fourth-order valence-corrected chi connectivity index (χ4v) is 2.97. The second-order valence-electron chi connectivity index (χ2n) is 6.55. The molecule has 0 aliphatic heterocycles. The van der Waals surface area contributed by atoms with E-state index in [1.54, 1.807) is 10.9 Å². The third-order valence-electron chi connectivity index (χ3n) is 4.41. The lowest BCUT2D eigenvalue weighted by atomic mass is 10.1. The van der Waals surface area contributed by atoms with Gasteiger partial charge in [-0.2, -0.15) is 5.10 Å². The molecule has 3 rings (SSSR count). The number of aromatic nitrogens is 3. The average Bonchev–Trinajstić information content (AvgIpc) is 2.91. The summed E-state index contributed by atoms with van der Waals surface area (Å²) >= 11 is 0. The van der Waals surface area contributed by atoms with E-state index in [2.05, 4.69) is 27.6 Å². The Morgan fingerprint density at radius 1 is 1.19 bits per heavy atom. The smallest absolute Gasteiger partial charge is 0.254 e. The first kappa shape index (κ1) is 17.9. The maximum atomic E-state index is 12.7. The topological polar surface area (TPSA) is 71.8 Å². The number of aryl methyl sites for hydroxylation is 3. The van der Waals surface area contributed by atoms with E-state index in [1.807, 2.05) is 45.2 Å². The van der Waals surface area contributed by atoms with Crippen molar-refractivity contribution in [3.8, 4) is 0 Å². The molecule has 0 aliphatic carbocycles. The van der Waals surface area contributed by atoms with Crippen LogP contribution >= 0.6 is 0 Å². The Bertz CT molecular complexity index is 928. The number of rotatable bonds is 6. The lowest BCUT2D eigenvalue weighted by Gasteiger charge is -2.14. The average molecular weight is 351 g/mol. The second kappa shape index (κ2) is 7.56. The van der Waals surface area contributed by atoms with Gasteiger partial charge in [0.1, 0.15) is 0 Å². The van der Waals surface area contributed by atoms with E-state index in [1.165, 1.54) is 5.56 Å². The summed E-state index contributed by atoms with van der Waals surface area (Å²) in [7, 11) is 1.86. The summed E-state index contributed by atoms with van der Waals surface area (Å²) < 4.78 is 1.74.